The summed E-state index contributed by atoms with van der Waals surface area (Å²) < 4.78 is 8.73. The van der Waals surface area contributed by atoms with Gasteiger partial charge >= 0.3 is 0 Å². The zero-order chi connectivity index (χ0) is 19.7. The molecule has 4 rings (SSSR count). The molecule has 10 heteroatoms. The summed E-state index contributed by atoms with van der Waals surface area (Å²) in [5, 5.41) is 14.6. The normalized spacial score (nSPS) is 11.1. The lowest BCUT2D eigenvalue weighted by Crippen LogP contribution is -2.17. The first-order valence-corrected chi connectivity index (χ1v) is 8.62. The van der Waals surface area contributed by atoms with Crippen LogP contribution in [0.4, 0.5) is 5.69 Å². The fourth-order valence-electron chi connectivity index (χ4n) is 2.84. The molecular weight excluding hydrogens is 360 g/mol. The summed E-state index contributed by atoms with van der Waals surface area (Å²) in [5.74, 6) is 0.677. The first kappa shape index (κ1) is 17.6. The Morgan fingerprint density at radius 1 is 1.18 bits per heavy atom. The van der Waals surface area contributed by atoms with Crippen LogP contribution in [0.25, 0.3) is 11.5 Å². The third kappa shape index (κ3) is 3.15. The van der Waals surface area contributed by atoms with E-state index < -0.39 is 0 Å². The Labute approximate surface area is 160 Å². The highest BCUT2D eigenvalue weighted by Gasteiger charge is 2.17. The largest absolute Gasteiger partial charge is 0.495 e. The zero-order valence-electron chi connectivity index (χ0n) is 15.6. The molecule has 0 spiro atoms. The highest BCUT2D eigenvalue weighted by molar-refractivity contribution is 6.04. The van der Waals surface area contributed by atoms with E-state index in [1.54, 1.807) is 47.0 Å². The van der Waals surface area contributed by atoms with Crippen molar-refractivity contribution in [1.29, 1.82) is 0 Å². The van der Waals surface area contributed by atoms with E-state index in [-0.39, 0.29) is 17.5 Å². The van der Waals surface area contributed by atoms with Crippen molar-refractivity contribution in [3.8, 4) is 11.4 Å². The van der Waals surface area contributed by atoms with Gasteiger partial charge in [-0.15, -0.1) is 10.2 Å². The van der Waals surface area contributed by atoms with Crippen LogP contribution in [0.1, 0.15) is 35.9 Å². The average Bonchev–Trinajstić information content (AvgIpc) is 3.38. The Kier molecular flexibility index (Phi) is 4.44. The first-order chi connectivity index (χ1) is 13.6. The van der Waals surface area contributed by atoms with Gasteiger partial charge in [0.15, 0.2) is 0 Å². The van der Waals surface area contributed by atoms with Gasteiger partial charge in [-0.05, 0) is 30.2 Å². The maximum atomic E-state index is 12.9. The van der Waals surface area contributed by atoms with Crippen LogP contribution in [-0.2, 0) is 0 Å². The third-order valence-corrected chi connectivity index (χ3v) is 4.25. The predicted molar refractivity (Wildman–Crippen MR) is 101 cm³/mol. The van der Waals surface area contributed by atoms with E-state index in [2.05, 4.69) is 30.6 Å². The minimum atomic E-state index is -0.369. The van der Waals surface area contributed by atoms with E-state index in [1.165, 1.54) is 6.33 Å². The van der Waals surface area contributed by atoms with Crippen molar-refractivity contribution in [2.75, 3.05) is 12.4 Å². The summed E-state index contributed by atoms with van der Waals surface area (Å²) in [6.45, 7) is 4.04. The van der Waals surface area contributed by atoms with Crippen molar-refractivity contribution < 1.29 is 9.53 Å². The summed E-state index contributed by atoms with van der Waals surface area (Å²) in [6, 6.07) is 7.10. The van der Waals surface area contributed by atoms with E-state index in [0.717, 1.165) is 11.4 Å². The second-order valence-electron chi connectivity index (χ2n) is 6.40. The number of methoxy groups -OCH3 is 1. The van der Waals surface area contributed by atoms with E-state index in [9.17, 15) is 4.79 Å². The van der Waals surface area contributed by atoms with Crippen molar-refractivity contribution in [2.24, 2.45) is 0 Å². The van der Waals surface area contributed by atoms with Crippen molar-refractivity contribution in [1.82, 2.24) is 34.3 Å². The minimum Gasteiger partial charge on any atom is -0.495 e. The minimum absolute atomic E-state index is 0.144. The topological polar surface area (TPSA) is 112 Å². The first-order valence-electron chi connectivity index (χ1n) is 8.62. The number of hydrogen-bond donors (Lipinski definition) is 1. The number of rotatable bonds is 5. The molecule has 0 fully saturated rings. The molecule has 0 aliphatic heterocycles. The SMILES string of the molecule is COc1ccc(-n2cnnc2)cc1NC(=O)c1cc(C(C)C)n2ncnc2n1. The average molecular weight is 378 g/mol. The molecule has 1 N–H and O–H groups in total. The number of benzene rings is 1. The molecule has 1 amide bonds. The predicted octanol–water partition coefficient (Wildman–Crippen LogP) is 2.09. The molecule has 0 atom stereocenters. The molecule has 0 aliphatic carbocycles. The van der Waals surface area contributed by atoms with Crippen LogP contribution in [0.5, 0.6) is 5.75 Å². The number of nitrogens with one attached hydrogen (secondary N) is 1. The molecule has 0 unspecified atom stereocenters. The van der Waals surface area contributed by atoms with Gasteiger partial charge in [-0.2, -0.15) is 10.1 Å². The number of amides is 1. The standard InChI is InChI=1S/C18H18N8O2/c1-11(2)15-7-14(24-18-19-8-22-26(15)18)17(27)23-13-6-12(4-5-16(13)28-3)25-9-20-21-10-25/h4-11H,1-3H3,(H,23,27). The Balaban J connectivity index is 1.70. The van der Waals surface area contributed by atoms with E-state index in [1.807, 2.05) is 19.9 Å². The molecule has 0 aliphatic rings. The maximum Gasteiger partial charge on any atom is 0.274 e. The lowest BCUT2D eigenvalue weighted by Gasteiger charge is -2.13. The Bertz CT molecular complexity index is 1130. The van der Waals surface area contributed by atoms with Crippen molar-refractivity contribution in [3.63, 3.8) is 0 Å². The molecule has 28 heavy (non-hydrogen) atoms. The molecule has 0 radical (unpaired) electrons. The summed E-state index contributed by atoms with van der Waals surface area (Å²) in [7, 11) is 1.54. The third-order valence-electron chi connectivity index (χ3n) is 4.25. The van der Waals surface area contributed by atoms with Crippen LogP contribution in [0.15, 0.2) is 43.2 Å². The number of fused-ring (bicyclic) bond motifs is 1. The fraction of sp³-hybridized carbons (Fsp3) is 0.222. The van der Waals surface area contributed by atoms with Crippen LogP contribution in [0.3, 0.4) is 0 Å². The number of hydrogen-bond acceptors (Lipinski definition) is 7. The van der Waals surface area contributed by atoms with Gasteiger partial charge in [0.25, 0.3) is 11.7 Å². The van der Waals surface area contributed by atoms with Gasteiger partial charge in [0.2, 0.25) is 0 Å². The van der Waals surface area contributed by atoms with Crippen LogP contribution < -0.4 is 10.1 Å². The van der Waals surface area contributed by atoms with Gasteiger partial charge < -0.3 is 10.1 Å². The summed E-state index contributed by atoms with van der Waals surface area (Å²) in [6.07, 6.45) is 4.56. The van der Waals surface area contributed by atoms with Gasteiger partial charge in [0.05, 0.1) is 24.2 Å². The number of anilines is 1. The van der Waals surface area contributed by atoms with Gasteiger partial charge in [-0.1, -0.05) is 13.8 Å². The molecule has 0 saturated carbocycles. The monoisotopic (exact) mass is 378 g/mol. The van der Waals surface area contributed by atoms with Gasteiger partial charge in [-0.3, -0.25) is 9.36 Å². The van der Waals surface area contributed by atoms with Crippen LogP contribution in [0.2, 0.25) is 0 Å². The highest BCUT2D eigenvalue weighted by atomic mass is 16.5. The second kappa shape index (κ2) is 7.06. The van der Waals surface area contributed by atoms with Gasteiger partial charge in [0, 0.05) is 0 Å². The second-order valence-corrected chi connectivity index (χ2v) is 6.40. The smallest absolute Gasteiger partial charge is 0.274 e. The molecule has 3 heterocycles. The summed E-state index contributed by atoms with van der Waals surface area (Å²) in [4.78, 5) is 21.3. The molecule has 0 saturated heterocycles. The van der Waals surface area contributed by atoms with Gasteiger partial charge in [0.1, 0.15) is 30.4 Å². The van der Waals surface area contributed by atoms with Crippen LogP contribution in [-0.4, -0.2) is 47.4 Å². The molecule has 0 bridgehead atoms. The van der Waals surface area contributed by atoms with Crippen LogP contribution >= 0.6 is 0 Å². The van der Waals surface area contributed by atoms with E-state index in [0.29, 0.717) is 17.2 Å². The molecule has 1 aromatic carbocycles. The lowest BCUT2D eigenvalue weighted by atomic mass is 10.1. The maximum absolute atomic E-state index is 12.9. The van der Waals surface area contributed by atoms with Crippen molar-refractivity contribution in [2.45, 2.75) is 19.8 Å². The Hall–Kier alpha value is -3.82. The van der Waals surface area contributed by atoms with E-state index in [4.69, 9.17) is 4.74 Å². The summed E-state index contributed by atoms with van der Waals surface area (Å²) >= 11 is 0. The number of ether oxygens (including phenoxy) is 1. The zero-order valence-corrected chi connectivity index (χ0v) is 15.6. The quantitative estimate of drug-likeness (QED) is 0.566. The fourth-order valence-corrected chi connectivity index (χ4v) is 2.84. The van der Waals surface area contributed by atoms with Crippen molar-refractivity contribution in [3.05, 3.63) is 54.6 Å². The number of carbonyl (C=O) groups excluding carboxylic acids is 1. The Morgan fingerprint density at radius 3 is 2.68 bits per heavy atom. The molecule has 142 valence electrons. The lowest BCUT2D eigenvalue weighted by molar-refractivity contribution is 0.102. The molecule has 10 nitrogen and oxygen atoms in total. The number of carbonyl (C=O) groups is 1. The van der Waals surface area contributed by atoms with Crippen molar-refractivity contribution >= 4 is 17.4 Å². The highest BCUT2D eigenvalue weighted by Crippen LogP contribution is 2.27. The van der Waals surface area contributed by atoms with Crippen LogP contribution in [0, 0.1) is 0 Å². The molecular formula is C18H18N8O2. The molecule has 3 aromatic heterocycles. The van der Waals surface area contributed by atoms with E-state index >= 15 is 0 Å². The molecule has 4 aromatic rings. The number of nitrogens with zero attached hydrogens (tertiary/aromatic N) is 7. The summed E-state index contributed by atoms with van der Waals surface area (Å²) in [5.41, 5.74) is 2.39. The Morgan fingerprint density at radius 2 is 1.96 bits per heavy atom. The number of aromatic nitrogens is 7. The van der Waals surface area contributed by atoms with Gasteiger partial charge in [-0.25, -0.2) is 9.50 Å².